The van der Waals surface area contributed by atoms with Crippen molar-refractivity contribution in [3.63, 3.8) is 0 Å². The molecular weight excluding hydrogens is 264 g/mol. The van der Waals surface area contributed by atoms with Crippen molar-refractivity contribution in [3.8, 4) is 5.88 Å². The summed E-state index contributed by atoms with van der Waals surface area (Å²) < 4.78 is 5.70. The monoisotopic (exact) mass is 290 g/mol. The lowest BCUT2D eigenvalue weighted by molar-refractivity contribution is 0.232. The van der Waals surface area contributed by atoms with Crippen LogP contribution in [0.4, 0.5) is 5.95 Å². The van der Waals surface area contributed by atoms with E-state index >= 15 is 0 Å². The highest BCUT2D eigenvalue weighted by atomic mass is 16.5. The third kappa shape index (κ3) is 4.06. The number of aromatic nitrogens is 2. The van der Waals surface area contributed by atoms with Gasteiger partial charge in [-0.15, -0.1) is 0 Å². The van der Waals surface area contributed by atoms with E-state index in [2.05, 4.69) is 20.2 Å². The number of ether oxygens (including phenoxy) is 1. The summed E-state index contributed by atoms with van der Waals surface area (Å²) in [5.74, 6) is 1.50. The van der Waals surface area contributed by atoms with E-state index in [0.29, 0.717) is 18.0 Å². The quantitative estimate of drug-likeness (QED) is 0.871. The first-order valence-electron chi connectivity index (χ1n) is 8.22. The van der Waals surface area contributed by atoms with Gasteiger partial charge < -0.3 is 15.0 Å². The van der Waals surface area contributed by atoms with Crippen LogP contribution < -0.4 is 15.0 Å². The second-order valence-electron chi connectivity index (χ2n) is 6.39. The van der Waals surface area contributed by atoms with E-state index in [-0.39, 0.29) is 6.10 Å². The molecule has 0 spiro atoms. The summed E-state index contributed by atoms with van der Waals surface area (Å²) in [6.07, 6.45) is 8.34. The van der Waals surface area contributed by atoms with Gasteiger partial charge in [0.1, 0.15) is 0 Å². The van der Waals surface area contributed by atoms with Crippen LogP contribution in [0.2, 0.25) is 0 Å². The molecule has 3 rings (SSSR count). The van der Waals surface area contributed by atoms with Crippen molar-refractivity contribution in [2.24, 2.45) is 0 Å². The van der Waals surface area contributed by atoms with Gasteiger partial charge in [0.2, 0.25) is 11.8 Å². The van der Waals surface area contributed by atoms with E-state index < -0.39 is 0 Å². The molecule has 1 aromatic rings. The van der Waals surface area contributed by atoms with E-state index in [1.807, 2.05) is 26.1 Å². The van der Waals surface area contributed by atoms with Crippen LogP contribution in [0.3, 0.4) is 0 Å². The van der Waals surface area contributed by atoms with Crippen LogP contribution in [0.1, 0.15) is 46.0 Å². The van der Waals surface area contributed by atoms with Crippen molar-refractivity contribution in [2.75, 3.05) is 18.0 Å². The largest absolute Gasteiger partial charge is 0.475 e. The predicted molar refractivity (Wildman–Crippen MR) is 83.8 cm³/mol. The molecule has 5 nitrogen and oxygen atoms in total. The van der Waals surface area contributed by atoms with Crippen molar-refractivity contribution in [2.45, 2.75) is 64.1 Å². The molecule has 21 heavy (non-hydrogen) atoms. The summed E-state index contributed by atoms with van der Waals surface area (Å²) in [5.41, 5.74) is 0. The smallest absolute Gasteiger partial charge is 0.228 e. The zero-order valence-corrected chi connectivity index (χ0v) is 13.1. The summed E-state index contributed by atoms with van der Waals surface area (Å²) >= 11 is 0. The highest BCUT2D eigenvalue weighted by Gasteiger charge is 2.32. The van der Waals surface area contributed by atoms with Gasteiger partial charge in [0.25, 0.3) is 0 Å². The zero-order valence-electron chi connectivity index (χ0n) is 13.1. The lowest BCUT2D eigenvalue weighted by Crippen LogP contribution is -2.45. The molecule has 1 aliphatic heterocycles. The number of hydrogen-bond donors (Lipinski definition) is 1. The summed E-state index contributed by atoms with van der Waals surface area (Å²) in [7, 11) is 0. The van der Waals surface area contributed by atoms with Gasteiger partial charge in [-0.25, -0.2) is 4.98 Å². The minimum Gasteiger partial charge on any atom is -0.475 e. The maximum absolute atomic E-state index is 5.70. The molecule has 0 amide bonds. The van der Waals surface area contributed by atoms with Crippen molar-refractivity contribution in [1.82, 2.24) is 15.3 Å². The molecule has 1 aliphatic carbocycles. The lowest BCUT2D eigenvalue weighted by atomic mass is 10.0. The van der Waals surface area contributed by atoms with Gasteiger partial charge in [-0.2, -0.15) is 4.98 Å². The van der Waals surface area contributed by atoms with Gasteiger partial charge >= 0.3 is 0 Å². The molecule has 1 saturated carbocycles. The van der Waals surface area contributed by atoms with Crippen LogP contribution >= 0.6 is 0 Å². The van der Waals surface area contributed by atoms with Crippen molar-refractivity contribution >= 4 is 5.95 Å². The molecule has 1 atom stereocenters. The maximum atomic E-state index is 5.70. The topological polar surface area (TPSA) is 50.3 Å². The number of piperidine rings is 1. The van der Waals surface area contributed by atoms with Gasteiger partial charge in [0, 0.05) is 30.9 Å². The highest BCUT2D eigenvalue weighted by Crippen LogP contribution is 2.31. The van der Waals surface area contributed by atoms with Gasteiger partial charge in [0.15, 0.2) is 0 Å². The Hall–Kier alpha value is -1.36. The minimum absolute atomic E-state index is 0.141. The number of nitrogens with zero attached hydrogens (tertiary/aromatic N) is 3. The van der Waals surface area contributed by atoms with E-state index in [0.717, 1.165) is 19.0 Å². The Labute approximate surface area is 127 Å². The Bertz CT molecular complexity index is 455. The van der Waals surface area contributed by atoms with Crippen molar-refractivity contribution in [1.29, 1.82) is 0 Å². The normalized spacial score (nSPS) is 22.3. The SMILES string of the molecule is CC(C)Oc1ccnc(N(CC2CCCCN2)C2CC2)n1. The van der Waals surface area contributed by atoms with Crippen LogP contribution in [-0.2, 0) is 0 Å². The summed E-state index contributed by atoms with van der Waals surface area (Å²) in [5, 5.41) is 3.62. The number of anilines is 1. The van der Waals surface area contributed by atoms with E-state index in [4.69, 9.17) is 4.74 Å². The van der Waals surface area contributed by atoms with Gasteiger partial charge in [-0.1, -0.05) is 6.42 Å². The average molecular weight is 290 g/mol. The van der Waals surface area contributed by atoms with Crippen molar-refractivity contribution in [3.05, 3.63) is 12.3 Å². The molecule has 0 bridgehead atoms. The lowest BCUT2D eigenvalue weighted by Gasteiger charge is -2.30. The summed E-state index contributed by atoms with van der Waals surface area (Å²) in [6.45, 7) is 6.19. The second-order valence-corrected chi connectivity index (χ2v) is 6.39. The number of rotatable bonds is 6. The summed E-state index contributed by atoms with van der Waals surface area (Å²) in [6, 6.07) is 3.02. The predicted octanol–water partition coefficient (Wildman–Crippen LogP) is 2.37. The van der Waals surface area contributed by atoms with Crippen LogP contribution in [-0.4, -0.2) is 41.2 Å². The number of nitrogens with one attached hydrogen (secondary N) is 1. The van der Waals surface area contributed by atoms with Crippen molar-refractivity contribution < 1.29 is 4.74 Å². The Balaban J connectivity index is 1.70. The molecule has 1 aromatic heterocycles. The molecule has 116 valence electrons. The summed E-state index contributed by atoms with van der Waals surface area (Å²) in [4.78, 5) is 11.5. The molecule has 2 fully saturated rings. The standard InChI is InChI=1S/C16H26N4O/c1-12(2)21-15-8-10-18-16(19-15)20(14-6-7-14)11-13-5-3-4-9-17-13/h8,10,12-14,17H,3-7,9,11H2,1-2H3. The maximum Gasteiger partial charge on any atom is 0.228 e. The Kier molecular flexibility index (Phi) is 4.58. The highest BCUT2D eigenvalue weighted by molar-refractivity contribution is 5.36. The fourth-order valence-corrected chi connectivity index (χ4v) is 2.88. The number of hydrogen-bond acceptors (Lipinski definition) is 5. The third-order valence-corrected chi connectivity index (χ3v) is 4.05. The second kappa shape index (κ2) is 6.60. The first-order chi connectivity index (χ1) is 10.2. The molecule has 1 saturated heterocycles. The average Bonchev–Trinajstić information content (AvgIpc) is 3.30. The molecule has 0 aromatic carbocycles. The Morgan fingerprint density at radius 1 is 1.33 bits per heavy atom. The minimum atomic E-state index is 0.141. The third-order valence-electron chi connectivity index (χ3n) is 4.05. The first-order valence-corrected chi connectivity index (χ1v) is 8.22. The molecule has 2 heterocycles. The Morgan fingerprint density at radius 2 is 2.19 bits per heavy atom. The molecular formula is C16H26N4O. The molecule has 1 N–H and O–H groups in total. The zero-order chi connectivity index (χ0) is 14.7. The fourth-order valence-electron chi connectivity index (χ4n) is 2.88. The molecule has 2 aliphatic rings. The molecule has 5 heteroatoms. The van der Waals surface area contributed by atoms with E-state index in [9.17, 15) is 0 Å². The van der Waals surface area contributed by atoms with Crippen LogP contribution in [0.25, 0.3) is 0 Å². The van der Waals surface area contributed by atoms with Gasteiger partial charge in [-0.3, -0.25) is 0 Å². The van der Waals surface area contributed by atoms with Crippen LogP contribution in [0.15, 0.2) is 12.3 Å². The molecule has 0 radical (unpaired) electrons. The fraction of sp³-hybridized carbons (Fsp3) is 0.750. The van der Waals surface area contributed by atoms with E-state index in [1.54, 1.807) is 0 Å². The van der Waals surface area contributed by atoms with Gasteiger partial charge in [-0.05, 0) is 46.1 Å². The first kappa shape index (κ1) is 14.6. The molecule has 1 unspecified atom stereocenters. The van der Waals surface area contributed by atoms with Crippen LogP contribution in [0.5, 0.6) is 5.88 Å². The van der Waals surface area contributed by atoms with E-state index in [1.165, 1.54) is 32.1 Å². The van der Waals surface area contributed by atoms with Crippen LogP contribution in [0, 0.1) is 0 Å². The van der Waals surface area contributed by atoms with Gasteiger partial charge in [0.05, 0.1) is 6.10 Å². The Morgan fingerprint density at radius 3 is 2.86 bits per heavy atom.